The van der Waals surface area contributed by atoms with Gasteiger partial charge in [0.1, 0.15) is 5.82 Å². The van der Waals surface area contributed by atoms with Crippen LogP contribution in [0, 0.1) is 12.7 Å². The van der Waals surface area contributed by atoms with Gasteiger partial charge in [0, 0.05) is 12.6 Å². The minimum Gasteiger partial charge on any atom is -0.388 e. The highest BCUT2D eigenvalue weighted by Crippen LogP contribution is 2.25. The lowest BCUT2D eigenvalue weighted by molar-refractivity contribution is -0.133. The third kappa shape index (κ3) is 4.35. The quantitative estimate of drug-likeness (QED) is 0.849. The molecule has 1 amide bonds. The molecule has 1 fully saturated rings. The summed E-state index contributed by atoms with van der Waals surface area (Å²) in [6, 6.07) is 6.12. The monoisotopic (exact) mass is 359 g/mol. The average Bonchev–Trinajstić information content (AvgIpc) is 2.99. The van der Waals surface area contributed by atoms with Crippen molar-refractivity contribution < 1.29 is 18.8 Å². The Bertz CT molecular complexity index is 833. The van der Waals surface area contributed by atoms with Crippen molar-refractivity contribution in [1.29, 1.82) is 0 Å². The molecule has 138 valence electrons. The van der Waals surface area contributed by atoms with Crippen molar-refractivity contribution in [1.82, 2.24) is 15.0 Å². The predicted octanol–water partition coefficient (Wildman–Crippen LogP) is 2.52. The van der Waals surface area contributed by atoms with E-state index in [0.717, 1.165) is 0 Å². The van der Waals surface area contributed by atoms with E-state index in [4.69, 9.17) is 4.52 Å². The van der Waals surface area contributed by atoms with Crippen molar-refractivity contribution in [3.8, 4) is 0 Å². The Hall–Kier alpha value is -2.54. The van der Waals surface area contributed by atoms with Gasteiger partial charge in [0.2, 0.25) is 11.8 Å². The number of allylic oxidation sites excluding steroid dienone is 1. The number of carbonyl (C=O) groups excluding carboxylic acids is 1. The van der Waals surface area contributed by atoms with Crippen LogP contribution in [0.4, 0.5) is 4.39 Å². The number of rotatable bonds is 4. The topological polar surface area (TPSA) is 79.5 Å². The molecule has 1 aromatic carbocycles. The lowest BCUT2D eigenvalue weighted by atomic mass is 9.89. The van der Waals surface area contributed by atoms with Crippen LogP contribution in [0.3, 0.4) is 0 Å². The van der Waals surface area contributed by atoms with Gasteiger partial charge in [-0.3, -0.25) is 4.79 Å². The molecule has 1 aliphatic rings. The van der Waals surface area contributed by atoms with Gasteiger partial charge in [-0.05, 0) is 50.0 Å². The highest BCUT2D eigenvalue weighted by atomic mass is 19.1. The molecule has 1 aliphatic heterocycles. The third-order valence-electron chi connectivity index (χ3n) is 4.54. The van der Waals surface area contributed by atoms with Gasteiger partial charge in [-0.15, -0.1) is 0 Å². The first-order valence-corrected chi connectivity index (χ1v) is 8.59. The number of amides is 1. The van der Waals surface area contributed by atoms with Gasteiger partial charge in [0.05, 0.1) is 18.6 Å². The smallest absolute Gasteiger partial charge is 0.246 e. The number of piperidine rings is 1. The average molecular weight is 359 g/mol. The Balaban J connectivity index is 1.70. The number of benzene rings is 1. The van der Waals surface area contributed by atoms with Crippen LogP contribution in [0.15, 0.2) is 34.9 Å². The zero-order chi connectivity index (χ0) is 18.7. The van der Waals surface area contributed by atoms with Crippen molar-refractivity contribution in [3.05, 3.63) is 53.4 Å². The van der Waals surface area contributed by atoms with E-state index >= 15 is 0 Å². The molecule has 1 unspecified atom stereocenters. The summed E-state index contributed by atoms with van der Waals surface area (Å²) in [4.78, 5) is 18.3. The molecule has 2 heterocycles. The second-order valence-electron chi connectivity index (χ2n) is 6.84. The Labute approximate surface area is 151 Å². The maximum absolute atomic E-state index is 13.4. The Morgan fingerprint density at radius 3 is 3.00 bits per heavy atom. The van der Waals surface area contributed by atoms with Crippen LogP contribution in [0.1, 0.15) is 37.0 Å². The van der Waals surface area contributed by atoms with Gasteiger partial charge in [-0.25, -0.2) is 4.39 Å². The van der Waals surface area contributed by atoms with Crippen LogP contribution < -0.4 is 0 Å². The number of halogens is 1. The largest absolute Gasteiger partial charge is 0.388 e. The van der Waals surface area contributed by atoms with E-state index in [-0.39, 0.29) is 24.7 Å². The highest BCUT2D eigenvalue weighted by Gasteiger charge is 2.36. The minimum absolute atomic E-state index is 0.195. The van der Waals surface area contributed by atoms with Crippen molar-refractivity contribution in [2.75, 3.05) is 13.1 Å². The van der Waals surface area contributed by atoms with Crippen LogP contribution in [0.2, 0.25) is 0 Å². The van der Waals surface area contributed by atoms with Crippen molar-refractivity contribution in [2.45, 2.75) is 38.7 Å². The molecule has 0 spiro atoms. The second kappa shape index (κ2) is 7.37. The number of carbonyl (C=O) groups is 1. The Morgan fingerprint density at radius 2 is 2.31 bits per heavy atom. The Kier molecular flexibility index (Phi) is 5.18. The summed E-state index contributed by atoms with van der Waals surface area (Å²) in [7, 11) is 0. The first-order chi connectivity index (χ1) is 12.3. The standard InChI is InChI=1S/C19H22FN3O3/c1-13(15-5-3-6-16(20)10-15)9-18(24)23-8-4-7-19(25,12-23)11-17-21-14(2)22-26-17/h3,5-6,9-10,25H,4,7-8,11-12H2,1-2H3/b13-9+. The zero-order valence-corrected chi connectivity index (χ0v) is 14.9. The van der Waals surface area contributed by atoms with E-state index in [2.05, 4.69) is 10.1 Å². The van der Waals surface area contributed by atoms with Gasteiger partial charge in [0.15, 0.2) is 5.82 Å². The first kappa shape index (κ1) is 18.3. The van der Waals surface area contributed by atoms with Crippen LogP contribution in [0.5, 0.6) is 0 Å². The van der Waals surface area contributed by atoms with Gasteiger partial charge in [0.25, 0.3) is 0 Å². The molecule has 2 aromatic rings. The molecule has 1 atom stereocenters. The normalized spacial score (nSPS) is 21.1. The lowest BCUT2D eigenvalue weighted by Crippen LogP contribution is -2.51. The van der Waals surface area contributed by atoms with Gasteiger partial charge in [-0.2, -0.15) is 4.98 Å². The molecule has 6 nitrogen and oxygen atoms in total. The molecule has 7 heteroatoms. The summed E-state index contributed by atoms with van der Waals surface area (Å²) >= 11 is 0. The number of aryl methyl sites for hydroxylation is 1. The molecule has 1 N–H and O–H groups in total. The molecular weight excluding hydrogens is 337 g/mol. The fourth-order valence-corrected chi connectivity index (χ4v) is 3.23. The van der Waals surface area contributed by atoms with Crippen molar-refractivity contribution >= 4 is 11.5 Å². The molecule has 3 rings (SSSR count). The summed E-state index contributed by atoms with van der Waals surface area (Å²) in [5.41, 5.74) is 0.246. The summed E-state index contributed by atoms with van der Waals surface area (Å²) in [5.74, 6) is 0.336. The SMILES string of the molecule is C/C(=C\C(=O)N1CCCC(O)(Cc2nc(C)no2)C1)c1cccc(F)c1. The summed E-state index contributed by atoms with van der Waals surface area (Å²) < 4.78 is 18.4. The van der Waals surface area contributed by atoms with Gasteiger partial charge in [-0.1, -0.05) is 17.3 Å². The summed E-state index contributed by atoms with van der Waals surface area (Å²) in [6.45, 7) is 4.24. The van der Waals surface area contributed by atoms with Crippen LogP contribution in [-0.2, 0) is 11.2 Å². The fraction of sp³-hybridized carbons (Fsp3) is 0.421. The number of aliphatic hydroxyl groups is 1. The van der Waals surface area contributed by atoms with Crippen molar-refractivity contribution in [3.63, 3.8) is 0 Å². The molecule has 0 radical (unpaired) electrons. The molecular formula is C19H22FN3O3. The summed E-state index contributed by atoms with van der Waals surface area (Å²) in [5, 5.41) is 14.6. The maximum atomic E-state index is 13.4. The zero-order valence-electron chi connectivity index (χ0n) is 14.9. The molecule has 26 heavy (non-hydrogen) atoms. The molecule has 0 aliphatic carbocycles. The molecule has 1 saturated heterocycles. The lowest BCUT2D eigenvalue weighted by Gasteiger charge is -2.38. The van der Waals surface area contributed by atoms with Crippen LogP contribution in [0.25, 0.3) is 5.57 Å². The maximum Gasteiger partial charge on any atom is 0.246 e. The highest BCUT2D eigenvalue weighted by molar-refractivity contribution is 5.95. The van der Waals surface area contributed by atoms with E-state index in [0.29, 0.717) is 42.2 Å². The number of likely N-dealkylation sites (tertiary alicyclic amines) is 1. The Morgan fingerprint density at radius 1 is 1.50 bits per heavy atom. The predicted molar refractivity (Wildman–Crippen MR) is 93.6 cm³/mol. The second-order valence-corrected chi connectivity index (χ2v) is 6.84. The van der Waals surface area contributed by atoms with Gasteiger partial charge < -0.3 is 14.5 Å². The minimum atomic E-state index is -1.09. The first-order valence-electron chi connectivity index (χ1n) is 8.59. The van der Waals surface area contributed by atoms with E-state index in [1.807, 2.05) is 0 Å². The van der Waals surface area contributed by atoms with Gasteiger partial charge >= 0.3 is 0 Å². The molecule has 0 saturated carbocycles. The van der Waals surface area contributed by atoms with Crippen LogP contribution in [-0.4, -0.2) is 44.7 Å². The van der Waals surface area contributed by atoms with E-state index in [9.17, 15) is 14.3 Å². The number of β-amino-alcohol motifs (C(OH)–C–C–N with tert-alkyl or cyclic N) is 1. The van der Waals surface area contributed by atoms with E-state index < -0.39 is 5.60 Å². The van der Waals surface area contributed by atoms with E-state index in [1.165, 1.54) is 18.2 Å². The third-order valence-corrected chi connectivity index (χ3v) is 4.54. The number of aromatic nitrogens is 2. The van der Waals surface area contributed by atoms with Crippen LogP contribution >= 0.6 is 0 Å². The van der Waals surface area contributed by atoms with Crippen molar-refractivity contribution in [2.24, 2.45) is 0 Å². The number of hydrogen-bond acceptors (Lipinski definition) is 5. The molecule has 0 bridgehead atoms. The summed E-state index contributed by atoms with van der Waals surface area (Å²) in [6.07, 6.45) is 2.94. The number of hydrogen-bond donors (Lipinski definition) is 1. The fourth-order valence-electron chi connectivity index (χ4n) is 3.23. The van der Waals surface area contributed by atoms with E-state index in [1.54, 1.807) is 30.9 Å². The number of nitrogens with zero attached hydrogens (tertiary/aromatic N) is 3. The molecule has 1 aromatic heterocycles.